The van der Waals surface area contributed by atoms with Gasteiger partial charge in [-0.15, -0.1) is 0 Å². The topological polar surface area (TPSA) is 71.6 Å². The molecule has 0 bridgehead atoms. The molecule has 0 N–H and O–H groups in total. The summed E-state index contributed by atoms with van der Waals surface area (Å²) in [6.45, 7) is 8.26. The minimum atomic E-state index is -0.454. The highest BCUT2D eigenvalue weighted by molar-refractivity contribution is 6.04. The van der Waals surface area contributed by atoms with E-state index in [-0.39, 0.29) is 5.78 Å². The summed E-state index contributed by atoms with van der Waals surface area (Å²) >= 11 is 0. The minimum Gasteiger partial charge on any atom is -0.294 e. The molecule has 1 aromatic carbocycles. The van der Waals surface area contributed by atoms with Gasteiger partial charge in [0, 0.05) is 24.4 Å². The van der Waals surface area contributed by atoms with E-state index < -0.39 is 11.3 Å². The van der Waals surface area contributed by atoms with Gasteiger partial charge in [-0.2, -0.15) is 10.4 Å². The second-order valence-corrected chi connectivity index (χ2v) is 8.65. The van der Waals surface area contributed by atoms with Gasteiger partial charge in [-0.1, -0.05) is 39.8 Å². The molecule has 0 saturated carbocycles. The lowest BCUT2D eigenvalue weighted by Crippen LogP contribution is -2.32. The van der Waals surface area contributed by atoms with Crippen molar-refractivity contribution in [1.82, 2.24) is 14.8 Å². The second-order valence-electron chi connectivity index (χ2n) is 8.65. The molecule has 1 aliphatic rings. The van der Waals surface area contributed by atoms with E-state index in [2.05, 4.69) is 37.0 Å². The van der Waals surface area contributed by atoms with Gasteiger partial charge in [0.2, 0.25) is 0 Å². The number of hydrogen-bond donors (Lipinski definition) is 0. The molecule has 1 atom stereocenters. The molecule has 1 aliphatic carbocycles. The van der Waals surface area contributed by atoms with Gasteiger partial charge in [-0.3, -0.25) is 9.78 Å². The summed E-state index contributed by atoms with van der Waals surface area (Å²) in [5.41, 5.74) is 4.35. The van der Waals surface area contributed by atoms with Crippen LogP contribution in [0, 0.1) is 16.7 Å². The van der Waals surface area contributed by atoms with Gasteiger partial charge in [0.05, 0.1) is 28.9 Å². The van der Waals surface area contributed by atoms with E-state index in [0.717, 1.165) is 11.3 Å². The number of carbonyl (C=O) groups is 1. The van der Waals surface area contributed by atoms with Crippen LogP contribution in [-0.4, -0.2) is 20.5 Å². The maximum atomic E-state index is 13.2. The fourth-order valence-corrected chi connectivity index (χ4v) is 4.09. The third kappa shape index (κ3) is 3.15. The number of benzene rings is 1. The van der Waals surface area contributed by atoms with Crippen LogP contribution in [0.1, 0.15) is 67.6 Å². The molecule has 0 spiro atoms. The van der Waals surface area contributed by atoms with Crippen molar-refractivity contribution < 1.29 is 4.79 Å². The zero-order valence-electron chi connectivity index (χ0n) is 17.2. The Bertz CT molecular complexity index is 1100. The fourth-order valence-electron chi connectivity index (χ4n) is 4.09. The molecular formula is C24H24N4O. The monoisotopic (exact) mass is 384 g/mol. The summed E-state index contributed by atoms with van der Waals surface area (Å²) in [5, 5.41) is 14.9. The molecule has 2 heterocycles. The number of rotatable bonds is 3. The first kappa shape index (κ1) is 19.1. The van der Waals surface area contributed by atoms with E-state index in [1.807, 2.05) is 38.1 Å². The zero-order valence-corrected chi connectivity index (χ0v) is 17.2. The standard InChI is InChI=1S/C24H24N4O/c1-15(2)16-5-7-18(8-6-16)28-23-19(14-25)24(3,4)13-20(29)21(23)22(27-28)17-9-11-26-12-10-17/h5-12,15,19H,13H2,1-4H3. The molecule has 5 nitrogen and oxygen atoms in total. The lowest BCUT2D eigenvalue weighted by Gasteiger charge is -2.34. The lowest BCUT2D eigenvalue weighted by atomic mass is 9.68. The Hall–Kier alpha value is -3.26. The normalized spacial score (nSPS) is 17.8. The number of hydrogen-bond acceptors (Lipinski definition) is 4. The third-order valence-electron chi connectivity index (χ3n) is 5.76. The van der Waals surface area contributed by atoms with Gasteiger partial charge in [0.15, 0.2) is 5.78 Å². The Labute approximate surface area is 171 Å². The van der Waals surface area contributed by atoms with Gasteiger partial charge in [0.25, 0.3) is 0 Å². The molecule has 0 radical (unpaired) electrons. The number of nitriles is 1. The van der Waals surface area contributed by atoms with E-state index in [0.29, 0.717) is 29.3 Å². The summed E-state index contributed by atoms with van der Waals surface area (Å²) in [7, 11) is 0. The Morgan fingerprint density at radius 3 is 2.38 bits per heavy atom. The van der Waals surface area contributed by atoms with Crippen molar-refractivity contribution in [3.63, 3.8) is 0 Å². The summed E-state index contributed by atoms with van der Waals surface area (Å²) in [5.74, 6) is 0.0340. The van der Waals surface area contributed by atoms with Gasteiger partial charge in [0.1, 0.15) is 5.69 Å². The SMILES string of the molecule is CC(C)c1ccc(-n2nc(-c3ccncc3)c3c2C(C#N)C(C)(C)CC3=O)cc1. The Balaban J connectivity index is 1.99. The van der Waals surface area contributed by atoms with Crippen LogP contribution in [0.5, 0.6) is 0 Å². The molecule has 3 aromatic rings. The molecule has 2 aromatic heterocycles. The molecule has 146 valence electrons. The molecule has 0 fully saturated rings. The van der Waals surface area contributed by atoms with Crippen LogP contribution in [0.25, 0.3) is 16.9 Å². The number of carbonyl (C=O) groups excluding carboxylic acids is 1. The molecular weight excluding hydrogens is 360 g/mol. The average molecular weight is 384 g/mol. The molecule has 4 rings (SSSR count). The van der Waals surface area contributed by atoms with Crippen molar-refractivity contribution in [2.75, 3.05) is 0 Å². The van der Waals surface area contributed by atoms with Gasteiger partial charge >= 0.3 is 0 Å². The van der Waals surface area contributed by atoms with Crippen molar-refractivity contribution in [3.8, 4) is 23.0 Å². The van der Waals surface area contributed by atoms with Crippen LogP contribution in [0.3, 0.4) is 0 Å². The maximum Gasteiger partial charge on any atom is 0.167 e. The number of fused-ring (bicyclic) bond motifs is 1. The van der Waals surface area contributed by atoms with Crippen LogP contribution in [0.4, 0.5) is 0 Å². The Kier molecular flexibility index (Phi) is 4.58. The number of nitrogens with zero attached hydrogens (tertiary/aromatic N) is 4. The first-order valence-electron chi connectivity index (χ1n) is 9.90. The molecule has 0 amide bonds. The highest BCUT2D eigenvalue weighted by Crippen LogP contribution is 2.47. The summed E-state index contributed by atoms with van der Waals surface area (Å²) in [6.07, 6.45) is 3.71. The first-order chi connectivity index (χ1) is 13.8. The Morgan fingerprint density at radius 1 is 1.14 bits per heavy atom. The van der Waals surface area contributed by atoms with Crippen LogP contribution < -0.4 is 0 Å². The molecule has 0 saturated heterocycles. The quantitative estimate of drug-likeness (QED) is 0.616. The second kappa shape index (κ2) is 6.97. The maximum absolute atomic E-state index is 13.2. The average Bonchev–Trinajstić information content (AvgIpc) is 3.09. The van der Waals surface area contributed by atoms with E-state index in [1.54, 1.807) is 17.1 Å². The lowest BCUT2D eigenvalue weighted by molar-refractivity contribution is 0.0900. The first-order valence-corrected chi connectivity index (χ1v) is 9.90. The number of Topliss-reactive ketones (excluding diaryl/α,β-unsaturated/α-hetero) is 1. The van der Waals surface area contributed by atoms with Crippen molar-refractivity contribution in [3.05, 3.63) is 65.6 Å². The molecule has 1 unspecified atom stereocenters. The summed E-state index contributed by atoms with van der Waals surface area (Å²) in [6, 6.07) is 14.3. The van der Waals surface area contributed by atoms with E-state index >= 15 is 0 Å². The predicted octanol–water partition coefficient (Wildman–Crippen LogP) is 5.28. The summed E-state index contributed by atoms with van der Waals surface area (Å²) < 4.78 is 1.79. The highest BCUT2D eigenvalue weighted by atomic mass is 16.1. The molecule has 0 aliphatic heterocycles. The number of aromatic nitrogens is 3. The minimum absolute atomic E-state index is 0.0355. The predicted molar refractivity (Wildman–Crippen MR) is 112 cm³/mol. The van der Waals surface area contributed by atoms with Crippen molar-refractivity contribution in [2.24, 2.45) is 5.41 Å². The smallest absolute Gasteiger partial charge is 0.167 e. The van der Waals surface area contributed by atoms with Gasteiger partial charge < -0.3 is 0 Å². The molecule has 29 heavy (non-hydrogen) atoms. The number of pyridine rings is 1. The van der Waals surface area contributed by atoms with E-state index in [9.17, 15) is 10.1 Å². The van der Waals surface area contributed by atoms with Crippen LogP contribution in [0.15, 0.2) is 48.8 Å². The van der Waals surface area contributed by atoms with E-state index in [1.165, 1.54) is 5.56 Å². The third-order valence-corrected chi connectivity index (χ3v) is 5.76. The van der Waals surface area contributed by atoms with Crippen LogP contribution in [-0.2, 0) is 0 Å². The highest BCUT2D eigenvalue weighted by Gasteiger charge is 2.45. The Morgan fingerprint density at radius 2 is 1.79 bits per heavy atom. The van der Waals surface area contributed by atoms with Gasteiger partial charge in [-0.05, 0) is 41.2 Å². The zero-order chi connectivity index (χ0) is 20.8. The van der Waals surface area contributed by atoms with Crippen molar-refractivity contribution >= 4 is 5.78 Å². The van der Waals surface area contributed by atoms with Crippen molar-refractivity contribution in [2.45, 2.75) is 46.0 Å². The van der Waals surface area contributed by atoms with E-state index in [4.69, 9.17) is 5.10 Å². The number of ketones is 1. The molecule has 5 heteroatoms. The fraction of sp³-hybridized carbons (Fsp3) is 0.333. The summed E-state index contributed by atoms with van der Waals surface area (Å²) in [4.78, 5) is 17.2. The van der Waals surface area contributed by atoms with Crippen molar-refractivity contribution in [1.29, 1.82) is 5.26 Å². The van der Waals surface area contributed by atoms with Crippen LogP contribution >= 0.6 is 0 Å². The van der Waals surface area contributed by atoms with Gasteiger partial charge in [-0.25, -0.2) is 4.68 Å². The largest absolute Gasteiger partial charge is 0.294 e. The van der Waals surface area contributed by atoms with Crippen LogP contribution in [0.2, 0.25) is 0 Å².